The van der Waals surface area contributed by atoms with Gasteiger partial charge in [-0.3, -0.25) is 20.7 Å². The fraction of sp³-hybridized carbons (Fsp3) is 0.381. The highest BCUT2D eigenvalue weighted by Gasteiger charge is 2.21. The van der Waals surface area contributed by atoms with Crippen molar-refractivity contribution < 1.29 is 28.7 Å². The summed E-state index contributed by atoms with van der Waals surface area (Å²) < 4.78 is 16.1. The predicted molar refractivity (Wildman–Crippen MR) is 117 cm³/mol. The molecular formula is C21H26N4O7. The lowest BCUT2D eigenvalue weighted by atomic mass is 10.2. The van der Waals surface area contributed by atoms with Crippen LogP contribution in [0.25, 0.3) is 0 Å². The average molecular weight is 446 g/mol. The van der Waals surface area contributed by atoms with E-state index in [9.17, 15) is 19.7 Å². The van der Waals surface area contributed by atoms with Crippen molar-refractivity contribution in [1.82, 2.24) is 4.98 Å². The van der Waals surface area contributed by atoms with Crippen molar-refractivity contribution in [3.8, 4) is 11.6 Å². The van der Waals surface area contributed by atoms with E-state index in [1.807, 2.05) is 0 Å². The van der Waals surface area contributed by atoms with Crippen molar-refractivity contribution in [2.75, 3.05) is 10.6 Å². The molecule has 0 aliphatic carbocycles. The summed E-state index contributed by atoms with van der Waals surface area (Å²) in [5, 5.41) is 15.9. The molecule has 0 fully saturated rings. The summed E-state index contributed by atoms with van der Waals surface area (Å²) in [6.07, 6.45) is -0.390. The second-order valence-electron chi connectivity index (χ2n) is 8.67. The van der Waals surface area contributed by atoms with Gasteiger partial charge in [-0.25, -0.2) is 14.6 Å². The van der Waals surface area contributed by atoms with Crippen LogP contribution in [0.15, 0.2) is 36.5 Å². The Kier molecular flexibility index (Phi) is 7.24. The van der Waals surface area contributed by atoms with Crippen LogP contribution < -0.4 is 15.4 Å². The second kappa shape index (κ2) is 9.50. The summed E-state index contributed by atoms with van der Waals surface area (Å²) in [6, 6.07) is 7.06. The standard InChI is InChI=1S/C21H26N4O7/c1-20(2,3)31-18(26)23-15-9-8-14(11-16(15)24-19(27)32-21(4,5)6)30-17-10-7-13(12-22-17)25(28)29/h7-12H,1-6H3,(H,23,26)(H,24,27). The SMILES string of the molecule is CC(C)(C)OC(=O)Nc1ccc(Oc2ccc([N+](=O)[O-])cn2)cc1NC(=O)OC(C)(C)C. The van der Waals surface area contributed by atoms with Crippen molar-refractivity contribution in [1.29, 1.82) is 0 Å². The Labute approximate surface area is 185 Å². The number of carbonyl (C=O) groups excluding carboxylic acids is 2. The Hall–Kier alpha value is -3.89. The molecule has 2 N–H and O–H groups in total. The Balaban J connectivity index is 2.28. The highest BCUT2D eigenvalue weighted by molar-refractivity contribution is 5.95. The fourth-order valence-electron chi connectivity index (χ4n) is 2.29. The van der Waals surface area contributed by atoms with Gasteiger partial charge < -0.3 is 14.2 Å². The summed E-state index contributed by atoms with van der Waals surface area (Å²) in [5.41, 5.74) is -1.20. The zero-order valence-electron chi connectivity index (χ0n) is 18.7. The van der Waals surface area contributed by atoms with Crippen LogP contribution in [-0.2, 0) is 9.47 Å². The maximum absolute atomic E-state index is 12.3. The first-order chi connectivity index (χ1) is 14.7. The van der Waals surface area contributed by atoms with Gasteiger partial charge in [-0.1, -0.05) is 0 Å². The zero-order valence-corrected chi connectivity index (χ0v) is 18.7. The van der Waals surface area contributed by atoms with E-state index < -0.39 is 28.3 Å². The molecule has 0 bridgehead atoms. The number of nitrogens with one attached hydrogen (secondary N) is 2. The van der Waals surface area contributed by atoms with Gasteiger partial charge in [-0.2, -0.15) is 0 Å². The molecule has 11 nitrogen and oxygen atoms in total. The molecule has 2 rings (SSSR count). The molecule has 32 heavy (non-hydrogen) atoms. The number of nitro groups is 1. The number of ether oxygens (including phenoxy) is 3. The number of anilines is 2. The smallest absolute Gasteiger partial charge is 0.412 e. The monoisotopic (exact) mass is 446 g/mol. The normalized spacial score (nSPS) is 11.3. The van der Waals surface area contributed by atoms with Gasteiger partial charge in [0.05, 0.1) is 16.3 Å². The number of hydrogen-bond acceptors (Lipinski definition) is 8. The molecule has 11 heteroatoms. The molecule has 1 aromatic heterocycles. The molecule has 0 saturated heterocycles. The van der Waals surface area contributed by atoms with Crippen molar-refractivity contribution in [2.24, 2.45) is 0 Å². The summed E-state index contributed by atoms with van der Waals surface area (Å²) >= 11 is 0. The Bertz CT molecular complexity index is 993. The maximum Gasteiger partial charge on any atom is 0.412 e. The number of benzene rings is 1. The van der Waals surface area contributed by atoms with Crippen LogP contribution in [0.4, 0.5) is 26.7 Å². The Morgan fingerprint density at radius 1 is 0.906 bits per heavy atom. The number of amides is 2. The Morgan fingerprint density at radius 3 is 1.94 bits per heavy atom. The Morgan fingerprint density at radius 2 is 1.47 bits per heavy atom. The lowest BCUT2D eigenvalue weighted by Crippen LogP contribution is -2.29. The first-order valence-corrected chi connectivity index (χ1v) is 9.64. The largest absolute Gasteiger partial charge is 0.444 e. The first-order valence-electron chi connectivity index (χ1n) is 9.64. The first kappa shape index (κ1) is 24.4. The molecule has 0 spiro atoms. The number of hydrogen-bond donors (Lipinski definition) is 2. The van der Waals surface area contributed by atoms with Crippen LogP contribution in [0.5, 0.6) is 11.6 Å². The van der Waals surface area contributed by atoms with Crippen molar-refractivity contribution in [3.63, 3.8) is 0 Å². The summed E-state index contributed by atoms with van der Waals surface area (Å²) in [7, 11) is 0. The zero-order chi connectivity index (χ0) is 24.1. The van der Waals surface area contributed by atoms with Gasteiger partial charge in [0.1, 0.15) is 23.1 Å². The third-order valence-electron chi connectivity index (χ3n) is 3.42. The van der Waals surface area contributed by atoms with Gasteiger partial charge in [-0.05, 0) is 53.7 Å². The van der Waals surface area contributed by atoms with Crippen molar-refractivity contribution in [2.45, 2.75) is 52.7 Å². The summed E-state index contributed by atoms with van der Waals surface area (Å²) in [5.74, 6) is 0.360. The molecule has 0 aliphatic heterocycles. The molecule has 2 amide bonds. The van der Waals surface area contributed by atoms with E-state index >= 15 is 0 Å². The fourth-order valence-corrected chi connectivity index (χ4v) is 2.29. The molecule has 0 atom stereocenters. The van der Waals surface area contributed by atoms with E-state index in [1.54, 1.807) is 41.5 Å². The predicted octanol–water partition coefficient (Wildman–Crippen LogP) is 5.48. The van der Waals surface area contributed by atoms with E-state index in [1.165, 1.54) is 30.3 Å². The van der Waals surface area contributed by atoms with Gasteiger partial charge in [0.2, 0.25) is 5.88 Å². The minimum absolute atomic E-state index is 0.103. The topological polar surface area (TPSA) is 142 Å². The minimum Gasteiger partial charge on any atom is -0.444 e. The highest BCUT2D eigenvalue weighted by atomic mass is 16.6. The highest BCUT2D eigenvalue weighted by Crippen LogP contribution is 2.31. The maximum atomic E-state index is 12.3. The molecule has 0 saturated carbocycles. The third kappa shape index (κ3) is 8.09. The molecule has 0 radical (unpaired) electrons. The summed E-state index contributed by atoms with van der Waals surface area (Å²) in [4.78, 5) is 38.5. The van der Waals surface area contributed by atoms with Crippen LogP contribution >= 0.6 is 0 Å². The van der Waals surface area contributed by atoms with Crippen LogP contribution in [0.2, 0.25) is 0 Å². The molecule has 172 valence electrons. The third-order valence-corrected chi connectivity index (χ3v) is 3.42. The van der Waals surface area contributed by atoms with Gasteiger partial charge in [0.15, 0.2) is 0 Å². The lowest BCUT2D eigenvalue weighted by molar-refractivity contribution is -0.385. The molecule has 0 aliphatic rings. The van der Waals surface area contributed by atoms with E-state index in [-0.39, 0.29) is 28.7 Å². The molecule has 2 aromatic rings. The summed E-state index contributed by atoms with van der Waals surface area (Å²) in [6.45, 7) is 10.3. The van der Waals surface area contributed by atoms with Crippen molar-refractivity contribution in [3.05, 3.63) is 46.6 Å². The minimum atomic E-state index is -0.740. The quantitative estimate of drug-likeness (QED) is 0.454. The lowest BCUT2D eigenvalue weighted by Gasteiger charge is -2.22. The van der Waals surface area contributed by atoms with Crippen LogP contribution in [-0.4, -0.2) is 33.3 Å². The second-order valence-corrected chi connectivity index (χ2v) is 8.67. The van der Waals surface area contributed by atoms with Crippen LogP contribution in [0, 0.1) is 10.1 Å². The number of aromatic nitrogens is 1. The van der Waals surface area contributed by atoms with Gasteiger partial charge in [0.25, 0.3) is 5.69 Å². The van der Waals surface area contributed by atoms with Gasteiger partial charge in [0, 0.05) is 18.2 Å². The van der Waals surface area contributed by atoms with Crippen LogP contribution in [0.1, 0.15) is 41.5 Å². The molecule has 1 aromatic carbocycles. The van der Waals surface area contributed by atoms with E-state index in [2.05, 4.69) is 15.6 Å². The number of carbonyl (C=O) groups is 2. The van der Waals surface area contributed by atoms with Crippen LogP contribution in [0.3, 0.4) is 0 Å². The van der Waals surface area contributed by atoms with E-state index in [0.29, 0.717) is 0 Å². The molecular weight excluding hydrogens is 420 g/mol. The van der Waals surface area contributed by atoms with Gasteiger partial charge >= 0.3 is 12.2 Å². The number of rotatable bonds is 5. The molecule has 1 heterocycles. The van der Waals surface area contributed by atoms with E-state index in [4.69, 9.17) is 14.2 Å². The molecule has 0 unspecified atom stereocenters. The number of pyridine rings is 1. The number of nitrogens with zero attached hydrogens (tertiary/aromatic N) is 2. The average Bonchev–Trinajstić information content (AvgIpc) is 2.61. The van der Waals surface area contributed by atoms with Gasteiger partial charge in [-0.15, -0.1) is 0 Å². The van der Waals surface area contributed by atoms with E-state index in [0.717, 1.165) is 6.20 Å². The van der Waals surface area contributed by atoms with Crippen molar-refractivity contribution >= 4 is 29.2 Å².